The molecule has 1 N–H and O–H groups in total. The van der Waals surface area contributed by atoms with Crippen molar-refractivity contribution >= 4 is 11.7 Å². The molecule has 0 aliphatic heterocycles. The van der Waals surface area contributed by atoms with E-state index in [0.717, 1.165) is 5.56 Å². The summed E-state index contributed by atoms with van der Waals surface area (Å²) in [4.78, 5) is 28.7. The first-order valence-corrected chi connectivity index (χ1v) is 7.70. The number of rotatable bonds is 3. The van der Waals surface area contributed by atoms with Crippen LogP contribution < -0.4 is 5.32 Å². The summed E-state index contributed by atoms with van der Waals surface area (Å²) in [5, 5.41) is 2.82. The Morgan fingerprint density at radius 1 is 1.39 bits per heavy atom. The molecule has 5 heteroatoms. The van der Waals surface area contributed by atoms with Crippen molar-refractivity contribution in [1.82, 2.24) is 10.3 Å². The lowest BCUT2D eigenvalue weighted by molar-refractivity contribution is 0.0888. The third-order valence-electron chi connectivity index (χ3n) is 4.16. The van der Waals surface area contributed by atoms with Gasteiger partial charge in [-0.3, -0.25) is 14.6 Å². The SMILES string of the molecule is Cc1c(C(=O)NCc2cccnc2)oc2c1C(=O)CC(C)(C)C2. The number of pyridine rings is 1. The topological polar surface area (TPSA) is 72.2 Å². The number of ketones is 1. The van der Waals surface area contributed by atoms with E-state index in [9.17, 15) is 9.59 Å². The first-order chi connectivity index (χ1) is 10.9. The van der Waals surface area contributed by atoms with Crippen molar-refractivity contribution in [3.05, 3.63) is 52.7 Å². The van der Waals surface area contributed by atoms with Gasteiger partial charge >= 0.3 is 0 Å². The number of aromatic nitrogens is 1. The summed E-state index contributed by atoms with van der Waals surface area (Å²) < 4.78 is 5.74. The van der Waals surface area contributed by atoms with Crippen LogP contribution in [0.15, 0.2) is 28.9 Å². The second-order valence-corrected chi connectivity index (χ2v) is 6.84. The van der Waals surface area contributed by atoms with Crippen molar-refractivity contribution in [2.45, 2.75) is 40.2 Å². The van der Waals surface area contributed by atoms with Crippen molar-refractivity contribution in [3.63, 3.8) is 0 Å². The number of Topliss-reactive ketones (excluding diaryl/α,β-unsaturated/α-hetero) is 1. The van der Waals surface area contributed by atoms with Crippen molar-refractivity contribution < 1.29 is 14.0 Å². The molecular weight excluding hydrogens is 292 g/mol. The van der Waals surface area contributed by atoms with Crippen LogP contribution in [0.25, 0.3) is 0 Å². The number of furan rings is 1. The summed E-state index contributed by atoms with van der Waals surface area (Å²) in [5.41, 5.74) is 2.02. The molecule has 0 saturated carbocycles. The van der Waals surface area contributed by atoms with Crippen LogP contribution in [0.2, 0.25) is 0 Å². The molecule has 120 valence electrons. The van der Waals surface area contributed by atoms with E-state index in [-0.39, 0.29) is 22.9 Å². The molecule has 3 rings (SSSR count). The number of nitrogens with zero attached hydrogens (tertiary/aromatic N) is 1. The lowest BCUT2D eigenvalue weighted by Gasteiger charge is -2.27. The number of fused-ring (bicyclic) bond motifs is 1. The van der Waals surface area contributed by atoms with E-state index in [2.05, 4.69) is 10.3 Å². The van der Waals surface area contributed by atoms with Gasteiger partial charge in [0.1, 0.15) is 5.76 Å². The molecule has 2 aromatic rings. The first-order valence-electron chi connectivity index (χ1n) is 7.70. The van der Waals surface area contributed by atoms with Gasteiger partial charge in [0.2, 0.25) is 0 Å². The predicted molar refractivity (Wildman–Crippen MR) is 85.3 cm³/mol. The molecule has 1 aliphatic rings. The zero-order valence-corrected chi connectivity index (χ0v) is 13.6. The maximum atomic E-state index is 12.4. The molecule has 5 nitrogen and oxygen atoms in total. The minimum Gasteiger partial charge on any atom is -0.455 e. The molecule has 0 atom stereocenters. The summed E-state index contributed by atoms with van der Waals surface area (Å²) in [6.45, 7) is 6.22. The molecule has 0 fully saturated rings. The van der Waals surface area contributed by atoms with Crippen molar-refractivity contribution in [3.8, 4) is 0 Å². The zero-order valence-electron chi connectivity index (χ0n) is 13.6. The molecule has 23 heavy (non-hydrogen) atoms. The fourth-order valence-electron chi connectivity index (χ4n) is 3.06. The molecular formula is C18H20N2O3. The Kier molecular flexibility index (Phi) is 3.80. The number of carbonyl (C=O) groups is 2. The molecule has 0 bridgehead atoms. The average molecular weight is 312 g/mol. The predicted octanol–water partition coefficient (Wildman–Crippen LogP) is 3.07. The van der Waals surface area contributed by atoms with E-state index in [1.165, 1.54) is 0 Å². The van der Waals surface area contributed by atoms with E-state index in [4.69, 9.17) is 4.42 Å². The van der Waals surface area contributed by atoms with Gasteiger partial charge in [-0.25, -0.2) is 0 Å². The molecule has 0 radical (unpaired) electrons. The van der Waals surface area contributed by atoms with Crippen LogP contribution in [-0.4, -0.2) is 16.7 Å². The van der Waals surface area contributed by atoms with Crippen molar-refractivity contribution in [2.24, 2.45) is 5.41 Å². The Hall–Kier alpha value is -2.43. The van der Waals surface area contributed by atoms with Gasteiger partial charge in [-0.15, -0.1) is 0 Å². The fraction of sp³-hybridized carbons (Fsp3) is 0.389. The maximum absolute atomic E-state index is 12.4. The minimum atomic E-state index is -0.300. The quantitative estimate of drug-likeness (QED) is 0.945. The lowest BCUT2D eigenvalue weighted by atomic mass is 9.76. The number of hydrogen-bond donors (Lipinski definition) is 1. The third kappa shape index (κ3) is 3.04. The number of nitrogens with one attached hydrogen (secondary N) is 1. The van der Waals surface area contributed by atoms with Gasteiger partial charge in [0, 0.05) is 37.3 Å². The number of carbonyl (C=O) groups excluding carboxylic acids is 2. The van der Waals surface area contributed by atoms with Crippen LogP contribution >= 0.6 is 0 Å². The van der Waals surface area contributed by atoms with Gasteiger partial charge in [-0.05, 0) is 24.0 Å². The smallest absolute Gasteiger partial charge is 0.287 e. The van der Waals surface area contributed by atoms with Crippen molar-refractivity contribution in [2.75, 3.05) is 0 Å². The summed E-state index contributed by atoms with van der Waals surface area (Å²) in [5.74, 6) is 0.635. The van der Waals surface area contributed by atoms with Gasteiger partial charge in [0.25, 0.3) is 5.91 Å². The average Bonchev–Trinajstić information content (AvgIpc) is 2.81. The molecule has 2 aromatic heterocycles. The second-order valence-electron chi connectivity index (χ2n) is 6.84. The first kappa shape index (κ1) is 15.5. The van der Waals surface area contributed by atoms with Gasteiger partial charge < -0.3 is 9.73 Å². The lowest BCUT2D eigenvalue weighted by Crippen LogP contribution is -2.26. The molecule has 2 heterocycles. The van der Waals surface area contributed by atoms with Crippen LogP contribution in [-0.2, 0) is 13.0 Å². The van der Waals surface area contributed by atoms with E-state index in [1.54, 1.807) is 19.3 Å². The number of amides is 1. The van der Waals surface area contributed by atoms with E-state index in [1.807, 2.05) is 26.0 Å². The summed E-state index contributed by atoms with van der Waals surface area (Å²) in [6, 6.07) is 3.71. The highest BCUT2D eigenvalue weighted by Crippen LogP contribution is 2.38. The van der Waals surface area contributed by atoms with E-state index >= 15 is 0 Å². The Balaban J connectivity index is 1.81. The van der Waals surface area contributed by atoms with Gasteiger partial charge in [0.05, 0.1) is 5.56 Å². The number of hydrogen-bond acceptors (Lipinski definition) is 4. The monoisotopic (exact) mass is 312 g/mol. The van der Waals surface area contributed by atoms with Crippen LogP contribution in [0.1, 0.15) is 58.1 Å². The molecule has 0 saturated heterocycles. The highest BCUT2D eigenvalue weighted by molar-refractivity contribution is 6.03. The Morgan fingerprint density at radius 3 is 2.87 bits per heavy atom. The molecule has 0 spiro atoms. The molecule has 0 unspecified atom stereocenters. The second kappa shape index (κ2) is 5.65. The third-order valence-corrected chi connectivity index (χ3v) is 4.16. The summed E-state index contributed by atoms with van der Waals surface area (Å²) >= 11 is 0. The fourth-order valence-corrected chi connectivity index (χ4v) is 3.06. The molecule has 1 aliphatic carbocycles. The Bertz CT molecular complexity index is 760. The van der Waals surface area contributed by atoms with Crippen molar-refractivity contribution in [1.29, 1.82) is 0 Å². The highest BCUT2D eigenvalue weighted by Gasteiger charge is 2.36. The van der Waals surface area contributed by atoms with Gasteiger partial charge in [-0.1, -0.05) is 19.9 Å². The minimum absolute atomic E-state index is 0.0591. The standard InChI is InChI=1S/C18H20N2O3/c1-11-15-13(21)7-18(2,3)8-14(15)23-16(11)17(22)20-10-12-5-4-6-19-9-12/h4-6,9H,7-8,10H2,1-3H3,(H,20,22). The Labute approximate surface area is 135 Å². The van der Waals surface area contributed by atoms with Crippen LogP contribution in [0, 0.1) is 12.3 Å². The normalized spacial score (nSPS) is 16.0. The Morgan fingerprint density at radius 2 is 2.17 bits per heavy atom. The molecule has 0 aromatic carbocycles. The van der Waals surface area contributed by atoms with Gasteiger partial charge in [-0.2, -0.15) is 0 Å². The maximum Gasteiger partial charge on any atom is 0.287 e. The van der Waals surface area contributed by atoms with Crippen LogP contribution in [0.4, 0.5) is 0 Å². The van der Waals surface area contributed by atoms with Crippen LogP contribution in [0.3, 0.4) is 0 Å². The zero-order chi connectivity index (χ0) is 16.6. The van der Waals surface area contributed by atoms with E-state index in [0.29, 0.717) is 36.3 Å². The summed E-state index contributed by atoms with van der Waals surface area (Å²) in [7, 11) is 0. The van der Waals surface area contributed by atoms with Crippen LogP contribution in [0.5, 0.6) is 0 Å². The summed E-state index contributed by atoms with van der Waals surface area (Å²) in [6.07, 6.45) is 4.54. The molecule has 1 amide bonds. The van der Waals surface area contributed by atoms with Gasteiger partial charge in [0.15, 0.2) is 11.5 Å². The highest BCUT2D eigenvalue weighted by atomic mass is 16.4. The van der Waals surface area contributed by atoms with E-state index < -0.39 is 0 Å². The largest absolute Gasteiger partial charge is 0.455 e.